The van der Waals surface area contributed by atoms with E-state index in [0.717, 1.165) is 16.3 Å². The van der Waals surface area contributed by atoms with Crippen LogP contribution in [0.15, 0.2) is 41.8 Å². The molecule has 57 heavy (non-hydrogen) atoms. The lowest BCUT2D eigenvalue weighted by molar-refractivity contribution is -0.295. The van der Waals surface area contributed by atoms with Gasteiger partial charge in [0, 0.05) is 54.1 Å². The van der Waals surface area contributed by atoms with E-state index in [0.29, 0.717) is 12.1 Å². The molecule has 0 unspecified atom stereocenters. The summed E-state index contributed by atoms with van der Waals surface area (Å²) in [5.41, 5.74) is -1.44. The number of pyridine rings is 1. The van der Waals surface area contributed by atoms with Crippen LogP contribution in [-0.4, -0.2) is 120 Å². The molecule has 3 aliphatic heterocycles. The summed E-state index contributed by atoms with van der Waals surface area (Å²) >= 11 is 0. The summed E-state index contributed by atoms with van der Waals surface area (Å²) in [5.74, 6) is 1.67. The molecule has 2 aromatic rings. The zero-order chi connectivity index (χ0) is 41.8. The Bertz CT molecular complexity index is 1850. The number of cyclic esters (lactones) is 1. The number of aliphatic hydroxyl groups excluding tert-OH is 1. The van der Waals surface area contributed by atoms with E-state index in [4.69, 9.17) is 33.3 Å². The number of carbonyl (C=O) groups excluding carboxylic acids is 3. The first kappa shape index (κ1) is 44.0. The van der Waals surface area contributed by atoms with Gasteiger partial charge in [0.15, 0.2) is 30.4 Å². The number of benzene rings is 1. The largest absolute Gasteiger partial charge is 0.509 e. The number of aliphatic hydroxyl groups is 1. The highest BCUT2D eigenvalue weighted by Gasteiger charge is 2.58. The lowest BCUT2D eigenvalue weighted by atomic mass is 9.74. The molecule has 312 valence electrons. The maximum Gasteiger partial charge on any atom is 0.509 e. The van der Waals surface area contributed by atoms with Crippen LogP contribution in [0.2, 0.25) is 0 Å². The number of esters is 1. The first-order valence-corrected chi connectivity index (χ1v) is 19.8. The number of ether oxygens (including phenoxy) is 6. The Morgan fingerprint density at radius 2 is 1.75 bits per heavy atom. The average Bonchev–Trinajstić information content (AvgIpc) is 3.50. The summed E-state index contributed by atoms with van der Waals surface area (Å²) in [5, 5.41) is 18.1. The van der Waals surface area contributed by atoms with E-state index < -0.39 is 83.5 Å². The molecule has 3 saturated heterocycles. The second-order valence-electron chi connectivity index (χ2n) is 16.4. The van der Waals surface area contributed by atoms with E-state index in [1.54, 1.807) is 33.2 Å². The van der Waals surface area contributed by atoms with Crippen LogP contribution >= 0.6 is 0 Å². The zero-order valence-electron chi connectivity index (χ0n) is 35.0. The van der Waals surface area contributed by atoms with Crippen LogP contribution in [-0.2, 0) is 42.8 Å². The molecule has 13 atom stereocenters. The highest BCUT2D eigenvalue weighted by atomic mass is 16.8. The fraction of sp³-hybridized carbons (Fsp3) is 0.651. The van der Waals surface area contributed by atoms with Crippen LogP contribution in [0.4, 0.5) is 4.79 Å². The highest BCUT2D eigenvalue weighted by Crippen LogP contribution is 2.42. The molecule has 5 rings (SSSR count). The molecule has 0 spiro atoms. The van der Waals surface area contributed by atoms with E-state index >= 15 is 0 Å². The van der Waals surface area contributed by atoms with Gasteiger partial charge in [-0.3, -0.25) is 14.6 Å². The van der Waals surface area contributed by atoms with Crippen LogP contribution in [0, 0.1) is 35.5 Å². The molecule has 0 saturated carbocycles. The predicted octanol–water partition coefficient (Wildman–Crippen LogP) is 5.31. The molecular weight excluding hydrogens is 734 g/mol. The molecule has 3 aliphatic rings. The Hall–Kier alpha value is -4.13. The van der Waals surface area contributed by atoms with Crippen molar-refractivity contribution in [2.75, 3.05) is 27.8 Å². The van der Waals surface area contributed by atoms with Gasteiger partial charge in [-0.1, -0.05) is 69.0 Å². The third-order valence-corrected chi connectivity index (χ3v) is 12.0. The molecule has 1 aromatic heterocycles. The van der Waals surface area contributed by atoms with Crippen LogP contribution in [0.1, 0.15) is 80.2 Å². The Morgan fingerprint density at radius 1 is 1.04 bits per heavy atom. The minimum Gasteiger partial charge on any atom is -0.457 e. The fourth-order valence-electron chi connectivity index (χ4n) is 8.72. The summed E-state index contributed by atoms with van der Waals surface area (Å²) < 4.78 is 36.8. The molecule has 1 aromatic carbocycles. The fourth-order valence-corrected chi connectivity index (χ4v) is 8.72. The van der Waals surface area contributed by atoms with E-state index in [2.05, 4.69) is 22.0 Å². The Labute approximate surface area is 335 Å². The molecule has 14 heteroatoms. The number of methoxy groups -OCH3 is 1. The monoisotopic (exact) mass is 793 g/mol. The van der Waals surface area contributed by atoms with Crippen LogP contribution < -0.4 is 0 Å². The number of oxime groups is 1. The number of rotatable bonds is 7. The number of nitrogens with zero attached hydrogens (tertiary/aromatic N) is 3. The number of likely N-dealkylation sites (N-methyl/N-ethyl adjacent to an activating group) is 1. The SMILES string of the molecule is CC[C@H]1OC(=O)[C@H](C)C(=O)[C@H](C)[C@@H](O[C@@H]2O[C@H](C)C[C@H](N(C)C)[C@H]2O)[C@](C)(OC)C[C@@H](C)/C(=N\OCC#Cc2cncc3ccccc23)[C@H](C)[C@H]2OC(=O)O[C@@]21C. The van der Waals surface area contributed by atoms with Gasteiger partial charge in [-0.05, 0) is 61.1 Å². The van der Waals surface area contributed by atoms with E-state index in [9.17, 15) is 19.5 Å². The molecule has 1 N–H and O–H groups in total. The molecule has 14 nitrogen and oxygen atoms in total. The van der Waals surface area contributed by atoms with Crippen molar-refractivity contribution in [2.45, 2.75) is 129 Å². The van der Waals surface area contributed by atoms with Gasteiger partial charge in [-0.2, -0.15) is 0 Å². The summed E-state index contributed by atoms with van der Waals surface area (Å²) in [6.45, 7) is 14.1. The molecule has 0 aliphatic carbocycles. The second kappa shape index (κ2) is 18.2. The number of aromatic nitrogens is 1. The van der Waals surface area contributed by atoms with E-state index in [1.165, 1.54) is 14.0 Å². The van der Waals surface area contributed by atoms with Gasteiger partial charge in [-0.15, -0.1) is 0 Å². The van der Waals surface area contributed by atoms with Crippen molar-refractivity contribution in [3.05, 3.63) is 42.2 Å². The Kier molecular flexibility index (Phi) is 14.0. The maximum atomic E-state index is 14.3. The number of carbonyl (C=O) groups is 3. The third kappa shape index (κ3) is 9.29. The molecule has 3 fully saturated rings. The van der Waals surface area contributed by atoms with Gasteiger partial charge >= 0.3 is 12.1 Å². The van der Waals surface area contributed by atoms with Crippen molar-refractivity contribution in [3.8, 4) is 11.8 Å². The minimum atomic E-state index is -1.44. The Morgan fingerprint density at radius 3 is 2.44 bits per heavy atom. The van der Waals surface area contributed by atoms with Crippen molar-refractivity contribution in [2.24, 2.45) is 28.8 Å². The number of Topliss-reactive ketones (excluding diaryl/α,β-unsaturated/α-hetero) is 1. The first-order chi connectivity index (χ1) is 26.9. The summed E-state index contributed by atoms with van der Waals surface area (Å²) in [6.07, 6.45) is -1.78. The molecule has 0 bridgehead atoms. The van der Waals surface area contributed by atoms with Gasteiger partial charge in [0.05, 0.1) is 29.1 Å². The van der Waals surface area contributed by atoms with Gasteiger partial charge in [0.1, 0.15) is 18.1 Å². The van der Waals surface area contributed by atoms with Crippen molar-refractivity contribution < 1.29 is 52.7 Å². The number of hydrogen-bond acceptors (Lipinski definition) is 14. The number of fused-ring (bicyclic) bond motifs is 2. The average molecular weight is 794 g/mol. The highest BCUT2D eigenvalue weighted by molar-refractivity contribution is 6.00. The quantitative estimate of drug-likeness (QED) is 0.126. The van der Waals surface area contributed by atoms with Crippen LogP contribution in [0.3, 0.4) is 0 Å². The third-order valence-electron chi connectivity index (χ3n) is 12.0. The summed E-state index contributed by atoms with van der Waals surface area (Å²) in [4.78, 5) is 53.2. The normalized spacial score (nSPS) is 37.4. The van der Waals surface area contributed by atoms with Crippen molar-refractivity contribution in [1.82, 2.24) is 9.88 Å². The molecule has 4 heterocycles. The summed E-state index contributed by atoms with van der Waals surface area (Å²) in [7, 11) is 5.28. The van der Waals surface area contributed by atoms with Gasteiger partial charge in [0.25, 0.3) is 0 Å². The second-order valence-corrected chi connectivity index (χ2v) is 16.4. The van der Waals surface area contributed by atoms with Crippen molar-refractivity contribution in [3.63, 3.8) is 0 Å². The van der Waals surface area contributed by atoms with Crippen molar-refractivity contribution in [1.29, 1.82) is 0 Å². The number of hydrogen-bond donors (Lipinski definition) is 1. The lowest BCUT2D eigenvalue weighted by Gasteiger charge is -2.47. The number of ketones is 1. The standard InChI is InChI=1S/C43H59N3O11/c1-12-33-43(8)38(56-41(50)57-43)26(4)34(45-52-19-15-17-30-23-44-22-29-16-13-14-18-31(29)30)24(2)21-42(7,51-11)37(27(5)35(47)28(6)39(49)54-33)55-40-36(48)32(46(9)10)20-25(3)53-40/h13-14,16,18,22-28,32-33,36-38,40,48H,12,19-21H2,1-11H3/b45-34+/t24-,25-,26+,27+,28-,32+,33-,36-,37-,38-,40+,42-,43-/m1/s1. The first-order valence-electron chi connectivity index (χ1n) is 19.8. The van der Waals surface area contributed by atoms with Gasteiger partial charge < -0.3 is 43.3 Å². The molecular formula is C43H59N3O11. The predicted molar refractivity (Wildman–Crippen MR) is 211 cm³/mol. The van der Waals surface area contributed by atoms with Crippen LogP contribution in [0.25, 0.3) is 10.8 Å². The Balaban J connectivity index is 1.56. The van der Waals surface area contributed by atoms with Crippen molar-refractivity contribution >= 4 is 34.4 Å². The van der Waals surface area contributed by atoms with Crippen LogP contribution in [0.5, 0.6) is 0 Å². The van der Waals surface area contributed by atoms with E-state index in [-0.39, 0.29) is 31.6 Å². The molecule has 0 radical (unpaired) electrons. The lowest BCUT2D eigenvalue weighted by Crippen LogP contribution is -2.59. The van der Waals surface area contributed by atoms with E-state index in [1.807, 2.05) is 71.0 Å². The van der Waals surface area contributed by atoms with Gasteiger partial charge in [0.2, 0.25) is 0 Å². The zero-order valence-corrected chi connectivity index (χ0v) is 35.0. The maximum absolute atomic E-state index is 14.3. The minimum absolute atomic E-state index is 0.0710. The smallest absolute Gasteiger partial charge is 0.457 e. The topological polar surface area (TPSA) is 165 Å². The molecule has 0 amide bonds. The summed E-state index contributed by atoms with van der Waals surface area (Å²) in [6, 6.07) is 7.54. The van der Waals surface area contributed by atoms with Gasteiger partial charge in [-0.25, -0.2) is 4.79 Å².